The van der Waals surface area contributed by atoms with Crippen LogP contribution in [-0.2, 0) is 7.05 Å². The topological polar surface area (TPSA) is 82.2 Å². The molecule has 146 valence electrons. The molecule has 10 heteroatoms. The van der Waals surface area contributed by atoms with Gasteiger partial charge in [0.25, 0.3) is 5.69 Å². The summed E-state index contributed by atoms with van der Waals surface area (Å²) in [5.41, 5.74) is -0.179. The second-order valence-corrected chi connectivity index (χ2v) is 6.32. The van der Waals surface area contributed by atoms with Gasteiger partial charge in [-0.15, -0.1) is 0 Å². The fraction of sp³-hybridized carbons (Fsp3) is 0.167. The van der Waals surface area contributed by atoms with Crippen LogP contribution >= 0.6 is 11.6 Å². The lowest BCUT2D eigenvalue weighted by atomic mass is 10.0. The van der Waals surface area contributed by atoms with Crippen LogP contribution < -0.4 is 10.1 Å². The molecule has 1 heterocycles. The van der Waals surface area contributed by atoms with Crippen molar-refractivity contribution in [3.8, 4) is 16.9 Å². The third-order valence-electron chi connectivity index (χ3n) is 4.16. The van der Waals surface area contributed by atoms with Gasteiger partial charge in [-0.25, -0.2) is 8.78 Å². The molecule has 1 N–H and O–H groups in total. The Bertz CT molecular complexity index is 1060. The van der Waals surface area contributed by atoms with E-state index in [0.717, 1.165) is 12.1 Å². The fourth-order valence-corrected chi connectivity index (χ4v) is 3.13. The number of aryl methyl sites for hydroxylation is 2. The van der Waals surface area contributed by atoms with Gasteiger partial charge in [-0.05, 0) is 13.0 Å². The highest BCUT2D eigenvalue weighted by atomic mass is 35.5. The second-order valence-electron chi connectivity index (χ2n) is 5.91. The molecule has 0 saturated heterocycles. The first-order valence-electron chi connectivity index (χ1n) is 8.01. The minimum atomic E-state index is -0.857. The molecule has 0 aliphatic carbocycles. The first-order valence-corrected chi connectivity index (χ1v) is 8.39. The zero-order chi connectivity index (χ0) is 20.6. The predicted octanol–water partition coefficient (Wildman–Crippen LogP) is 4.99. The van der Waals surface area contributed by atoms with Gasteiger partial charge in [-0.3, -0.25) is 14.8 Å². The molecule has 0 aliphatic heterocycles. The van der Waals surface area contributed by atoms with Crippen LogP contribution in [0.4, 0.5) is 26.0 Å². The Balaban J connectivity index is 2.22. The van der Waals surface area contributed by atoms with Crippen molar-refractivity contribution in [1.29, 1.82) is 0 Å². The fourth-order valence-electron chi connectivity index (χ4n) is 2.91. The minimum Gasteiger partial charge on any atom is -0.497 e. The molecule has 2 aromatic carbocycles. The monoisotopic (exact) mass is 408 g/mol. The first-order chi connectivity index (χ1) is 13.2. The number of methoxy groups -OCH3 is 1. The number of aromatic nitrogens is 2. The van der Waals surface area contributed by atoms with Crippen LogP contribution in [0.2, 0.25) is 5.02 Å². The van der Waals surface area contributed by atoms with Crippen LogP contribution in [-0.4, -0.2) is 21.8 Å². The predicted molar refractivity (Wildman–Crippen MR) is 101 cm³/mol. The van der Waals surface area contributed by atoms with E-state index in [4.69, 9.17) is 16.3 Å². The summed E-state index contributed by atoms with van der Waals surface area (Å²) in [7, 11) is 2.84. The van der Waals surface area contributed by atoms with E-state index < -0.39 is 16.6 Å². The van der Waals surface area contributed by atoms with E-state index in [9.17, 15) is 18.9 Å². The van der Waals surface area contributed by atoms with E-state index >= 15 is 0 Å². The molecule has 28 heavy (non-hydrogen) atoms. The van der Waals surface area contributed by atoms with Crippen molar-refractivity contribution in [3.63, 3.8) is 0 Å². The van der Waals surface area contributed by atoms with Crippen LogP contribution in [0.25, 0.3) is 11.1 Å². The maximum atomic E-state index is 14.7. The Kier molecular flexibility index (Phi) is 5.19. The summed E-state index contributed by atoms with van der Waals surface area (Å²) < 4.78 is 35.5. The molecule has 1 aromatic heterocycles. The molecule has 0 radical (unpaired) electrons. The second kappa shape index (κ2) is 7.43. The number of halogens is 3. The lowest BCUT2D eigenvalue weighted by Gasteiger charge is -2.13. The van der Waals surface area contributed by atoms with Gasteiger partial charge in [0.2, 0.25) is 0 Å². The number of rotatable bonds is 5. The highest BCUT2D eigenvalue weighted by Crippen LogP contribution is 2.41. The molecule has 0 atom stereocenters. The van der Waals surface area contributed by atoms with Crippen LogP contribution in [0.15, 0.2) is 30.3 Å². The number of anilines is 2. The number of nitro benzene ring substituents is 1. The van der Waals surface area contributed by atoms with Gasteiger partial charge in [0.1, 0.15) is 28.9 Å². The third-order valence-corrected chi connectivity index (χ3v) is 4.47. The SMILES string of the molecule is COc1cc(F)c(-c2c(C)nn(C)c2Nc2c(Cl)cccc2[N+](=O)[O-])c(F)c1. The van der Waals surface area contributed by atoms with Gasteiger partial charge in [0.15, 0.2) is 0 Å². The maximum absolute atomic E-state index is 14.7. The number of hydrogen-bond donors (Lipinski definition) is 1. The highest BCUT2D eigenvalue weighted by Gasteiger charge is 2.25. The smallest absolute Gasteiger partial charge is 0.294 e. The standard InChI is InChI=1S/C18H15ClF2N4O3/c1-9-15(16-12(20)7-10(28-3)8-13(16)21)18(24(2)23-9)22-17-11(19)5-4-6-14(17)25(26)27/h4-8,22H,1-3H3. The third kappa shape index (κ3) is 3.36. The van der Waals surface area contributed by atoms with Crippen molar-refractivity contribution in [2.75, 3.05) is 12.4 Å². The Hall–Kier alpha value is -3.20. The molecule has 0 bridgehead atoms. The van der Waals surface area contributed by atoms with E-state index in [0.29, 0.717) is 5.69 Å². The van der Waals surface area contributed by atoms with Crippen LogP contribution in [0, 0.1) is 28.7 Å². The zero-order valence-electron chi connectivity index (χ0n) is 15.1. The summed E-state index contributed by atoms with van der Waals surface area (Å²) >= 11 is 6.12. The normalized spacial score (nSPS) is 10.8. The first kappa shape index (κ1) is 19.6. The molecule has 0 spiro atoms. The number of nitrogens with zero attached hydrogens (tertiary/aromatic N) is 3. The average Bonchev–Trinajstić information content (AvgIpc) is 2.89. The number of para-hydroxylation sites is 1. The molecular formula is C18H15ClF2N4O3. The van der Waals surface area contributed by atoms with Gasteiger partial charge >= 0.3 is 0 Å². The van der Waals surface area contributed by atoms with Crippen molar-refractivity contribution >= 4 is 28.8 Å². The van der Waals surface area contributed by atoms with E-state index in [1.807, 2.05) is 0 Å². The largest absolute Gasteiger partial charge is 0.497 e. The Morgan fingerprint density at radius 3 is 2.46 bits per heavy atom. The molecule has 0 aliphatic rings. The Morgan fingerprint density at radius 1 is 1.25 bits per heavy atom. The number of nitro groups is 1. The Labute approximate surface area is 163 Å². The molecule has 0 fully saturated rings. The maximum Gasteiger partial charge on any atom is 0.294 e. The molecule has 0 saturated carbocycles. The van der Waals surface area contributed by atoms with Gasteiger partial charge in [0.05, 0.1) is 33.9 Å². The van der Waals surface area contributed by atoms with E-state index in [-0.39, 0.29) is 39.1 Å². The summed E-state index contributed by atoms with van der Waals surface area (Å²) in [5.74, 6) is -1.54. The Morgan fingerprint density at radius 2 is 1.89 bits per heavy atom. The lowest BCUT2D eigenvalue weighted by Crippen LogP contribution is -2.04. The summed E-state index contributed by atoms with van der Waals surface area (Å²) in [4.78, 5) is 10.7. The van der Waals surface area contributed by atoms with Gasteiger partial charge < -0.3 is 10.1 Å². The van der Waals surface area contributed by atoms with Crippen LogP contribution in [0.1, 0.15) is 5.69 Å². The zero-order valence-corrected chi connectivity index (χ0v) is 15.8. The number of ether oxygens (including phenoxy) is 1. The number of hydrogen-bond acceptors (Lipinski definition) is 5. The molecule has 7 nitrogen and oxygen atoms in total. The van der Waals surface area contributed by atoms with Crippen molar-refractivity contribution in [3.05, 3.63) is 62.8 Å². The summed E-state index contributed by atoms with van der Waals surface area (Å²) in [6, 6.07) is 6.27. The molecule has 3 aromatic rings. The highest BCUT2D eigenvalue weighted by molar-refractivity contribution is 6.34. The van der Waals surface area contributed by atoms with E-state index in [1.165, 1.54) is 30.0 Å². The van der Waals surface area contributed by atoms with Crippen LogP contribution in [0.3, 0.4) is 0 Å². The molecule has 0 unspecified atom stereocenters. The van der Waals surface area contributed by atoms with Crippen molar-refractivity contribution in [2.45, 2.75) is 6.92 Å². The minimum absolute atomic E-state index is 0.00672. The van der Waals surface area contributed by atoms with Crippen LogP contribution in [0.5, 0.6) is 5.75 Å². The lowest BCUT2D eigenvalue weighted by molar-refractivity contribution is -0.383. The average molecular weight is 409 g/mol. The molecule has 0 amide bonds. The number of nitrogens with one attached hydrogen (secondary N) is 1. The molecule has 3 rings (SSSR count). The van der Waals surface area contributed by atoms with Crippen molar-refractivity contribution in [2.24, 2.45) is 7.05 Å². The summed E-state index contributed by atoms with van der Waals surface area (Å²) in [5, 5.41) is 18.4. The summed E-state index contributed by atoms with van der Waals surface area (Å²) in [6.07, 6.45) is 0. The van der Waals surface area contributed by atoms with Gasteiger partial charge in [0, 0.05) is 25.2 Å². The van der Waals surface area contributed by atoms with Crippen molar-refractivity contribution < 1.29 is 18.4 Å². The summed E-state index contributed by atoms with van der Waals surface area (Å²) in [6.45, 7) is 1.57. The number of benzene rings is 2. The van der Waals surface area contributed by atoms with Crippen molar-refractivity contribution in [1.82, 2.24) is 9.78 Å². The van der Waals surface area contributed by atoms with Gasteiger partial charge in [-0.1, -0.05) is 17.7 Å². The quantitative estimate of drug-likeness (QED) is 0.475. The van der Waals surface area contributed by atoms with E-state index in [2.05, 4.69) is 10.4 Å². The van der Waals surface area contributed by atoms with Gasteiger partial charge in [-0.2, -0.15) is 5.10 Å². The molecular weight excluding hydrogens is 394 g/mol. The van der Waals surface area contributed by atoms with E-state index in [1.54, 1.807) is 14.0 Å².